The quantitative estimate of drug-likeness (QED) is 0.748. The molecule has 2 aromatic rings. The maximum atomic E-state index is 8.75. The topological polar surface area (TPSA) is 45.9 Å². The summed E-state index contributed by atoms with van der Waals surface area (Å²) in [6.45, 7) is 0. The maximum Gasteiger partial charge on any atom is 0.130 e. The largest absolute Gasteiger partial charge is 0.497 e. The molecule has 0 fully saturated rings. The minimum absolute atomic E-state index is 0.311. The molecule has 0 saturated carbocycles. The van der Waals surface area contributed by atoms with Crippen molar-refractivity contribution in [3.63, 3.8) is 0 Å². The molecule has 0 atom stereocenters. The molecule has 80 valence electrons. The van der Waals surface area contributed by atoms with Crippen molar-refractivity contribution < 1.29 is 4.74 Å². The van der Waals surface area contributed by atoms with Crippen LogP contribution >= 0.6 is 11.6 Å². The van der Waals surface area contributed by atoms with Crippen molar-refractivity contribution in [3.05, 3.63) is 35.0 Å². The minimum atomic E-state index is 0.311. The predicted molar refractivity (Wildman–Crippen MR) is 62.6 cm³/mol. The van der Waals surface area contributed by atoms with E-state index >= 15 is 0 Å². The summed E-state index contributed by atoms with van der Waals surface area (Å²) in [6.07, 6.45) is 0.311. The summed E-state index contributed by atoms with van der Waals surface area (Å²) in [5, 5.41) is 10.1. The van der Waals surface area contributed by atoms with Crippen LogP contribution in [0.5, 0.6) is 5.75 Å². The van der Waals surface area contributed by atoms with Gasteiger partial charge in [-0.2, -0.15) is 5.26 Å². The van der Waals surface area contributed by atoms with E-state index in [4.69, 9.17) is 21.6 Å². The van der Waals surface area contributed by atoms with Crippen molar-refractivity contribution in [1.82, 2.24) is 4.98 Å². The molecule has 0 bridgehead atoms. The second-order valence-electron chi connectivity index (χ2n) is 3.32. The Kier molecular flexibility index (Phi) is 2.93. The Balaban J connectivity index is 2.71. The Morgan fingerprint density at radius 2 is 2.25 bits per heavy atom. The maximum absolute atomic E-state index is 8.75. The number of pyridine rings is 1. The van der Waals surface area contributed by atoms with Crippen molar-refractivity contribution in [2.45, 2.75) is 6.42 Å². The number of halogens is 1. The lowest BCUT2D eigenvalue weighted by molar-refractivity contribution is 0.415. The number of methoxy groups -OCH3 is 1. The molecule has 0 amide bonds. The van der Waals surface area contributed by atoms with E-state index in [0.29, 0.717) is 11.6 Å². The highest BCUT2D eigenvalue weighted by Gasteiger charge is 2.05. The normalized spacial score (nSPS) is 10.1. The Morgan fingerprint density at radius 1 is 1.44 bits per heavy atom. The number of hydrogen-bond acceptors (Lipinski definition) is 3. The average molecular weight is 233 g/mol. The number of nitriles is 1. The van der Waals surface area contributed by atoms with Crippen LogP contribution in [0.3, 0.4) is 0 Å². The van der Waals surface area contributed by atoms with Gasteiger partial charge >= 0.3 is 0 Å². The first kappa shape index (κ1) is 10.7. The fraction of sp³-hybridized carbons (Fsp3) is 0.167. The number of aromatic nitrogens is 1. The molecule has 0 radical (unpaired) electrons. The van der Waals surface area contributed by atoms with E-state index in [-0.39, 0.29) is 0 Å². The molecular formula is C12H9ClN2O. The summed E-state index contributed by atoms with van der Waals surface area (Å²) in [7, 11) is 1.61. The van der Waals surface area contributed by atoms with Crippen LogP contribution in [0.4, 0.5) is 0 Å². The molecule has 0 saturated heterocycles. The molecule has 2 rings (SSSR count). The molecule has 1 aromatic carbocycles. The molecule has 4 heteroatoms. The Morgan fingerprint density at radius 3 is 2.94 bits per heavy atom. The van der Waals surface area contributed by atoms with Gasteiger partial charge in [-0.05, 0) is 29.8 Å². The second-order valence-corrected chi connectivity index (χ2v) is 3.71. The molecule has 16 heavy (non-hydrogen) atoms. The Hall–Kier alpha value is -1.79. The first-order valence-corrected chi connectivity index (χ1v) is 5.12. The third kappa shape index (κ3) is 1.93. The van der Waals surface area contributed by atoms with Gasteiger partial charge in [-0.3, -0.25) is 0 Å². The smallest absolute Gasteiger partial charge is 0.130 e. The van der Waals surface area contributed by atoms with Crippen LogP contribution in [0, 0.1) is 11.3 Å². The lowest BCUT2D eigenvalue weighted by Gasteiger charge is -2.06. The van der Waals surface area contributed by atoms with Crippen LogP contribution in [0.2, 0.25) is 5.15 Å². The van der Waals surface area contributed by atoms with Crippen LogP contribution in [0.1, 0.15) is 5.56 Å². The van der Waals surface area contributed by atoms with E-state index < -0.39 is 0 Å². The zero-order chi connectivity index (χ0) is 11.5. The van der Waals surface area contributed by atoms with Gasteiger partial charge in [-0.1, -0.05) is 11.6 Å². The zero-order valence-electron chi connectivity index (χ0n) is 8.70. The number of hydrogen-bond donors (Lipinski definition) is 0. The van der Waals surface area contributed by atoms with Crippen molar-refractivity contribution in [1.29, 1.82) is 5.26 Å². The van der Waals surface area contributed by atoms with Crippen LogP contribution in [0.25, 0.3) is 10.9 Å². The average Bonchev–Trinajstić information content (AvgIpc) is 2.29. The lowest BCUT2D eigenvalue weighted by atomic mass is 10.1. The minimum Gasteiger partial charge on any atom is -0.497 e. The van der Waals surface area contributed by atoms with Gasteiger partial charge in [-0.15, -0.1) is 0 Å². The predicted octanol–water partition coefficient (Wildman–Crippen LogP) is 2.96. The molecule has 0 unspecified atom stereocenters. The van der Waals surface area contributed by atoms with Gasteiger partial charge in [0, 0.05) is 5.39 Å². The number of rotatable bonds is 2. The van der Waals surface area contributed by atoms with Crippen molar-refractivity contribution >= 4 is 22.5 Å². The molecule has 0 N–H and O–H groups in total. The fourth-order valence-corrected chi connectivity index (χ4v) is 1.82. The van der Waals surface area contributed by atoms with E-state index in [2.05, 4.69) is 11.1 Å². The summed E-state index contributed by atoms with van der Waals surface area (Å²) in [5.41, 5.74) is 1.65. The van der Waals surface area contributed by atoms with E-state index in [1.165, 1.54) is 0 Å². The van der Waals surface area contributed by atoms with Crippen LogP contribution in [-0.2, 0) is 6.42 Å². The first-order valence-electron chi connectivity index (χ1n) is 4.74. The van der Waals surface area contributed by atoms with Gasteiger partial charge in [0.2, 0.25) is 0 Å². The van der Waals surface area contributed by atoms with Crippen molar-refractivity contribution in [2.75, 3.05) is 7.11 Å². The number of fused-ring (bicyclic) bond motifs is 1. The van der Waals surface area contributed by atoms with Gasteiger partial charge in [0.05, 0.1) is 25.1 Å². The molecule has 0 aliphatic heterocycles. The van der Waals surface area contributed by atoms with Crippen LogP contribution in [-0.4, -0.2) is 12.1 Å². The van der Waals surface area contributed by atoms with E-state index in [1.807, 2.05) is 18.2 Å². The van der Waals surface area contributed by atoms with Gasteiger partial charge in [-0.25, -0.2) is 4.98 Å². The van der Waals surface area contributed by atoms with Gasteiger partial charge in [0.25, 0.3) is 0 Å². The molecule has 0 spiro atoms. The first-order chi connectivity index (χ1) is 7.74. The number of benzene rings is 1. The van der Waals surface area contributed by atoms with Crippen molar-refractivity contribution in [2.24, 2.45) is 0 Å². The van der Waals surface area contributed by atoms with Gasteiger partial charge in [0.15, 0.2) is 0 Å². The number of ether oxygens (including phenoxy) is 1. The van der Waals surface area contributed by atoms with E-state index in [1.54, 1.807) is 13.2 Å². The van der Waals surface area contributed by atoms with Gasteiger partial charge in [0.1, 0.15) is 10.9 Å². The Labute approximate surface area is 98.2 Å². The summed E-state index contributed by atoms with van der Waals surface area (Å²) in [4.78, 5) is 4.19. The lowest BCUT2D eigenvalue weighted by Crippen LogP contribution is -1.90. The highest BCUT2D eigenvalue weighted by Crippen LogP contribution is 2.25. The highest BCUT2D eigenvalue weighted by molar-refractivity contribution is 6.29. The van der Waals surface area contributed by atoms with E-state index in [9.17, 15) is 0 Å². The molecule has 0 aliphatic carbocycles. The van der Waals surface area contributed by atoms with Crippen molar-refractivity contribution in [3.8, 4) is 11.8 Å². The van der Waals surface area contributed by atoms with Crippen LogP contribution in [0.15, 0.2) is 24.3 Å². The summed E-state index contributed by atoms with van der Waals surface area (Å²) >= 11 is 5.88. The highest BCUT2D eigenvalue weighted by atomic mass is 35.5. The number of nitrogens with zero attached hydrogens (tertiary/aromatic N) is 2. The summed E-state index contributed by atoms with van der Waals surface area (Å²) in [6, 6.07) is 9.35. The third-order valence-corrected chi connectivity index (χ3v) is 2.53. The van der Waals surface area contributed by atoms with Gasteiger partial charge < -0.3 is 4.74 Å². The summed E-state index contributed by atoms with van der Waals surface area (Å²) in [5.74, 6) is 0.746. The SMILES string of the molecule is COc1ccc2nc(Cl)cc(CC#N)c2c1. The third-order valence-electron chi connectivity index (χ3n) is 2.34. The standard InChI is InChI=1S/C12H9ClN2O/c1-16-9-2-3-11-10(7-9)8(4-5-14)6-12(13)15-11/h2-3,6-7H,4H2,1H3. The fourth-order valence-electron chi connectivity index (χ4n) is 1.60. The molecule has 3 nitrogen and oxygen atoms in total. The molecular weight excluding hydrogens is 224 g/mol. The molecule has 1 heterocycles. The second kappa shape index (κ2) is 4.38. The monoisotopic (exact) mass is 232 g/mol. The summed E-state index contributed by atoms with van der Waals surface area (Å²) < 4.78 is 5.14. The zero-order valence-corrected chi connectivity index (χ0v) is 9.45. The molecule has 1 aromatic heterocycles. The van der Waals surface area contributed by atoms with Crippen LogP contribution < -0.4 is 4.74 Å². The molecule has 0 aliphatic rings. The Bertz CT molecular complexity index is 575. The van der Waals surface area contributed by atoms with E-state index in [0.717, 1.165) is 22.2 Å².